The van der Waals surface area contributed by atoms with E-state index in [0.29, 0.717) is 0 Å². The van der Waals surface area contributed by atoms with Crippen molar-refractivity contribution < 1.29 is 9.47 Å². The van der Waals surface area contributed by atoms with E-state index in [1.54, 1.807) is 14.2 Å². The van der Waals surface area contributed by atoms with E-state index in [0.717, 1.165) is 21.5 Å². The van der Waals surface area contributed by atoms with Gasteiger partial charge in [0.15, 0.2) is 0 Å². The van der Waals surface area contributed by atoms with Crippen LogP contribution in [0, 0.1) is 3.57 Å². The molecule has 0 radical (unpaired) electrons. The molecular formula is C15H13Br2IO2. The third-order valence-corrected chi connectivity index (χ3v) is 5.54. The highest BCUT2D eigenvalue weighted by atomic mass is 127. The normalized spacial score (nSPS) is 12.1. The van der Waals surface area contributed by atoms with Gasteiger partial charge in [0, 0.05) is 9.13 Å². The van der Waals surface area contributed by atoms with Gasteiger partial charge >= 0.3 is 0 Å². The molecule has 1 atom stereocenters. The maximum absolute atomic E-state index is 5.49. The number of alkyl halides is 1. The highest BCUT2D eigenvalue weighted by molar-refractivity contribution is 14.1. The molecule has 106 valence electrons. The Balaban J connectivity index is 2.53. The Morgan fingerprint density at radius 1 is 1.00 bits per heavy atom. The number of methoxy groups -OCH3 is 2. The topological polar surface area (TPSA) is 18.5 Å². The molecule has 0 aromatic heterocycles. The molecule has 0 N–H and O–H groups in total. The molecule has 2 aromatic carbocycles. The number of ether oxygens (including phenoxy) is 2. The van der Waals surface area contributed by atoms with E-state index in [2.05, 4.69) is 66.6 Å². The monoisotopic (exact) mass is 510 g/mol. The molecule has 0 saturated heterocycles. The molecule has 0 saturated carbocycles. The van der Waals surface area contributed by atoms with Crippen LogP contribution in [0.3, 0.4) is 0 Å². The third kappa shape index (κ3) is 3.31. The van der Waals surface area contributed by atoms with Crippen LogP contribution in [0.15, 0.2) is 40.9 Å². The van der Waals surface area contributed by atoms with E-state index in [9.17, 15) is 0 Å². The summed E-state index contributed by atoms with van der Waals surface area (Å²) in [7, 11) is 3.33. The van der Waals surface area contributed by atoms with Crippen molar-refractivity contribution in [2.45, 2.75) is 4.83 Å². The number of rotatable bonds is 4. The lowest BCUT2D eigenvalue weighted by molar-refractivity contribution is 0.397. The van der Waals surface area contributed by atoms with Crippen LogP contribution < -0.4 is 9.47 Å². The largest absolute Gasteiger partial charge is 0.496 e. The first-order valence-corrected chi connectivity index (χ1v) is 8.67. The number of hydrogen-bond acceptors (Lipinski definition) is 2. The standard InChI is InChI=1S/C15H13Br2IO2/c1-19-13-8-11(16)14(20-2)7-10(13)15(17)9-5-3-4-6-12(9)18/h3-8,15H,1-2H3. The van der Waals surface area contributed by atoms with Gasteiger partial charge in [-0.1, -0.05) is 34.1 Å². The van der Waals surface area contributed by atoms with E-state index < -0.39 is 0 Å². The summed E-state index contributed by atoms with van der Waals surface area (Å²) in [6.07, 6.45) is 0. The molecule has 0 aliphatic rings. The molecule has 0 bridgehead atoms. The summed E-state index contributed by atoms with van der Waals surface area (Å²) in [6, 6.07) is 12.2. The second-order valence-corrected chi connectivity index (χ2v) is 7.04. The smallest absolute Gasteiger partial charge is 0.133 e. The lowest BCUT2D eigenvalue weighted by atomic mass is 10.0. The first-order valence-electron chi connectivity index (χ1n) is 5.88. The van der Waals surface area contributed by atoms with Gasteiger partial charge in [-0.15, -0.1) is 0 Å². The zero-order valence-corrected chi connectivity index (χ0v) is 16.3. The first-order chi connectivity index (χ1) is 9.58. The fourth-order valence-electron chi connectivity index (χ4n) is 1.93. The molecule has 0 fully saturated rings. The van der Waals surface area contributed by atoms with Gasteiger partial charge in [-0.2, -0.15) is 0 Å². The lowest BCUT2D eigenvalue weighted by Crippen LogP contribution is -2.00. The van der Waals surface area contributed by atoms with Crippen LogP contribution in [0.25, 0.3) is 0 Å². The van der Waals surface area contributed by atoms with E-state index in [-0.39, 0.29) is 4.83 Å². The summed E-state index contributed by atoms with van der Waals surface area (Å²) in [5, 5.41) is 0. The fraction of sp³-hybridized carbons (Fsp3) is 0.200. The quantitative estimate of drug-likeness (QED) is 0.395. The molecule has 0 aliphatic carbocycles. The average molecular weight is 512 g/mol. The minimum absolute atomic E-state index is 0.0487. The summed E-state index contributed by atoms with van der Waals surface area (Å²) < 4.78 is 12.9. The zero-order chi connectivity index (χ0) is 14.7. The Morgan fingerprint density at radius 3 is 2.25 bits per heavy atom. The van der Waals surface area contributed by atoms with E-state index in [1.165, 1.54) is 9.13 Å². The van der Waals surface area contributed by atoms with Gasteiger partial charge in [0.1, 0.15) is 11.5 Å². The molecule has 2 rings (SSSR count). The van der Waals surface area contributed by atoms with Crippen molar-refractivity contribution in [3.63, 3.8) is 0 Å². The summed E-state index contributed by atoms with van der Waals surface area (Å²) in [5.41, 5.74) is 2.24. The Labute approximate surface area is 149 Å². The summed E-state index contributed by atoms with van der Waals surface area (Å²) in [4.78, 5) is 0.0487. The number of benzene rings is 2. The Kier molecular flexibility index (Phi) is 5.74. The Morgan fingerprint density at radius 2 is 1.65 bits per heavy atom. The molecule has 0 aliphatic heterocycles. The number of hydrogen-bond donors (Lipinski definition) is 0. The number of halogens is 3. The molecule has 20 heavy (non-hydrogen) atoms. The van der Waals surface area contributed by atoms with Crippen molar-refractivity contribution in [1.82, 2.24) is 0 Å². The van der Waals surface area contributed by atoms with Gasteiger partial charge in [-0.3, -0.25) is 0 Å². The SMILES string of the molecule is COc1cc(C(Br)c2ccccc2I)c(OC)cc1Br. The van der Waals surface area contributed by atoms with Crippen LogP contribution in [0.1, 0.15) is 16.0 Å². The van der Waals surface area contributed by atoms with Crippen molar-refractivity contribution in [3.05, 3.63) is 55.6 Å². The second-order valence-electron chi connectivity index (χ2n) is 4.11. The molecule has 2 aromatic rings. The van der Waals surface area contributed by atoms with Gasteiger partial charge in [-0.05, 0) is 62.3 Å². The van der Waals surface area contributed by atoms with Gasteiger partial charge < -0.3 is 9.47 Å². The van der Waals surface area contributed by atoms with Crippen molar-refractivity contribution in [2.24, 2.45) is 0 Å². The average Bonchev–Trinajstić information content (AvgIpc) is 2.46. The lowest BCUT2D eigenvalue weighted by Gasteiger charge is -2.18. The minimum atomic E-state index is 0.0487. The Hall–Kier alpha value is -0.270. The van der Waals surface area contributed by atoms with Crippen LogP contribution in [-0.4, -0.2) is 14.2 Å². The maximum atomic E-state index is 5.49. The second kappa shape index (κ2) is 7.13. The zero-order valence-electron chi connectivity index (χ0n) is 11.0. The van der Waals surface area contributed by atoms with Crippen LogP contribution in [0.5, 0.6) is 11.5 Å². The maximum Gasteiger partial charge on any atom is 0.133 e. The molecule has 1 unspecified atom stereocenters. The van der Waals surface area contributed by atoms with Crippen molar-refractivity contribution in [3.8, 4) is 11.5 Å². The molecule has 0 spiro atoms. The van der Waals surface area contributed by atoms with E-state index in [1.807, 2.05) is 24.3 Å². The minimum Gasteiger partial charge on any atom is -0.496 e. The van der Waals surface area contributed by atoms with Gasteiger partial charge in [0.05, 0.1) is 23.5 Å². The summed E-state index contributed by atoms with van der Waals surface area (Å²) in [6.45, 7) is 0. The molecule has 0 amide bonds. The molecule has 5 heteroatoms. The predicted molar refractivity (Wildman–Crippen MR) is 97.2 cm³/mol. The van der Waals surface area contributed by atoms with Gasteiger partial charge in [0.25, 0.3) is 0 Å². The fourth-order valence-corrected chi connectivity index (χ4v) is 4.30. The van der Waals surface area contributed by atoms with Crippen LogP contribution in [0.4, 0.5) is 0 Å². The van der Waals surface area contributed by atoms with Crippen molar-refractivity contribution in [1.29, 1.82) is 0 Å². The van der Waals surface area contributed by atoms with E-state index >= 15 is 0 Å². The van der Waals surface area contributed by atoms with Crippen molar-refractivity contribution >= 4 is 54.5 Å². The van der Waals surface area contributed by atoms with Crippen LogP contribution in [-0.2, 0) is 0 Å². The molecular weight excluding hydrogens is 499 g/mol. The van der Waals surface area contributed by atoms with Crippen LogP contribution >= 0.6 is 54.5 Å². The van der Waals surface area contributed by atoms with Gasteiger partial charge in [-0.25, -0.2) is 0 Å². The predicted octanol–water partition coefficient (Wildman–Crippen LogP) is 5.56. The summed E-state index contributed by atoms with van der Waals surface area (Å²) >= 11 is 9.59. The third-order valence-electron chi connectivity index (χ3n) is 2.96. The van der Waals surface area contributed by atoms with Gasteiger partial charge in [0.2, 0.25) is 0 Å². The summed E-state index contributed by atoms with van der Waals surface area (Å²) in [5.74, 6) is 1.61. The molecule has 2 nitrogen and oxygen atoms in total. The molecule has 0 heterocycles. The first kappa shape index (κ1) is 16.1. The van der Waals surface area contributed by atoms with Crippen LogP contribution in [0.2, 0.25) is 0 Å². The highest BCUT2D eigenvalue weighted by Gasteiger charge is 2.19. The highest BCUT2D eigenvalue weighted by Crippen LogP contribution is 2.42. The van der Waals surface area contributed by atoms with Crippen molar-refractivity contribution in [2.75, 3.05) is 14.2 Å². The Bertz CT molecular complexity index is 617. The van der Waals surface area contributed by atoms with E-state index in [4.69, 9.17) is 9.47 Å².